The molecule has 0 N–H and O–H groups in total. The largest absolute Gasteiger partial charge is 0.376 e. The smallest absolute Gasteiger partial charge is 0.0717 e. The summed E-state index contributed by atoms with van der Waals surface area (Å²) in [5.41, 5.74) is 2.86. The summed E-state index contributed by atoms with van der Waals surface area (Å²) < 4.78 is 5.77. The van der Waals surface area contributed by atoms with Crippen molar-refractivity contribution < 1.29 is 4.74 Å². The molecule has 1 nitrogen and oxygen atoms in total. The van der Waals surface area contributed by atoms with E-state index in [1.165, 1.54) is 69.8 Å². The highest BCUT2D eigenvalue weighted by Crippen LogP contribution is 2.44. The highest BCUT2D eigenvalue weighted by atomic mass is 16.5. The van der Waals surface area contributed by atoms with Crippen LogP contribution in [0.2, 0.25) is 0 Å². The van der Waals surface area contributed by atoms with Crippen LogP contribution in [0.3, 0.4) is 0 Å². The summed E-state index contributed by atoms with van der Waals surface area (Å²) in [7, 11) is 0. The van der Waals surface area contributed by atoms with E-state index < -0.39 is 0 Å². The Morgan fingerprint density at radius 3 is 2.13 bits per heavy atom. The quantitative estimate of drug-likeness (QED) is 0.278. The SMILES string of the molecule is CC=CCCOCc1ccc(C2CCC(C3CCC(CC=CCC)CC3)CC2)cc1. The van der Waals surface area contributed by atoms with E-state index >= 15 is 0 Å². The zero-order valence-electron chi connectivity index (χ0n) is 19.5. The Labute approximate surface area is 186 Å². The Morgan fingerprint density at radius 2 is 1.50 bits per heavy atom. The third-order valence-corrected chi connectivity index (χ3v) is 7.59. The summed E-state index contributed by atoms with van der Waals surface area (Å²) >= 11 is 0. The van der Waals surface area contributed by atoms with Gasteiger partial charge >= 0.3 is 0 Å². The molecule has 2 fully saturated rings. The van der Waals surface area contributed by atoms with E-state index in [2.05, 4.69) is 62.4 Å². The molecule has 0 amide bonds. The molecular weight excluding hydrogens is 364 g/mol. The van der Waals surface area contributed by atoms with Gasteiger partial charge in [-0.15, -0.1) is 0 Å². The predicted molar refractivity (Wildman–Crippen MR) is 130 cm³/mol. The minimum Gasteiger partial charge on any atom is -0.376 e. The second-order valence-electron chi connectivity index (χ2n) is 9.66. The topological polar surface area (TPSA) is 9.23 Å². The van der Waals surface area contributed by atoms with Crippen LogP contribution in [-0.4, -0.2) is 6.61 Å². The lowest BCUT2D eigenvalue weighted by Gasteiger charge is -2.38. The summed E-state index contributed by atoms with van der Waals surface area (Å²) in [5.74, 6) is 3.75. The fraction of sp³-hybridized carbons (Fsp3) is 0.655. The van der Waals surface area contributed by atoms with Crippen LogP contribution in [0.15, 0.2) is 48.6 Å². The molecule has 2 saturated carbocycles. The van der Waals surface area contributed by atoms with Gasteiger partial charge in [-0.25, -0.2) is 0 Å². The molecular formula is C29H44O. The van der Waals surface area contributed by atoms with E-state index in [0.29, 0.717) is 0 Å². The van der Waals surface area contributed by atoms with Crippen LogP contribution in [0.1, 0.15) is 102 Å². The lowest BCUT2D eigenvalue weighted by molar-refractivity contribution is 0.125. The van der Waals surface area contributed by atoms with Crippen molar-refractivity contribution in [2.75, 3.05) is 6.61 Å². The van der Waals surface area contributed by atoms with Crippen molar-refractivity contribution in [3.8, 4) is 0 Å². The van der Waals surface area contributed by atoms with E-state index in [0.717, 1.165) is 43.3 Å². The highest BCUT2D eigenvalue weighted by Gasteiger charge is 2.30. The summed E-state index contributed by atoms with van der Waals surface area (Å²) in [4.78, 5) is 0. The van der Waals surface area contributed by atoms with E-state index in [1.54, 1.807) is 5.56 Å². The first-order valence-electron chi connectivity index (χ1n) is 12.7. The van der Waals surface area contributed by atoms with Gasteiger partial charge in [-0.3, -0.25) is 0 Å². The molecule has 3 rings (SSSR count). The van der Waals surface area contributed by atoms with Gasteiger partial charge in [-0.05, 0) is 112 Å². The van der Waals surface area contributed by atoms with Gasteiger partial charge in [0.1, 0.15) is 0 Å². The summed E-state index contributed by atoms with van der Waals surface area (Å²) in [6, 6.07) is 9.30. The Bertz CT molecular complexity index is 625. The normalized spacial score (nSPS) is 27.8. The Balaban J connectivity index is 1.36. The third-order valence-electron chi connectivity index (χ3n) is 7.59. The van der Waals surface area contributed by atoms with Gasteiger partial charge in [0.05, 0.1) is 13.2 Å². The van der Waals surface area contributed by atoms with Crippen molar-refractivity contribution in [3.63, 3.8) is 0 Å². The van der Waals surface area contributed by atoms with Crippen LogP contribution in [0.4, 0.5) is 0 Å². The number of rotatable bonds is 10. The first kappa shape index (κ1) is 23.3. The molecule has 0 spiro atoms. The zero-order valence-corrected chi connectivity index (χ0v) is 19.5. The van der Waals surface area contributed by atoms with Crippen LogP contribution >= 0.6 is 0 Å². The first-order valence-corrected chi connectivity index (χ1v) is 12.7. The van der Waals surface area contributed by atoms with Crippen LogP contribution in [-0.2, 0) is 11.3 Å². The molecule has 0 unspecified atom stereocenters. The molecule has 0 heterocycles. The lowest BCUT2D eigenvalue weighted by atomic mass is 9.68. The van der Waals surface area contributed by atoms with Crippen molar-refractivity contribution in [2.45, 2.75) is 97.0 Å². The standard InChI is InChI=1S/C29H44O/c1-3-5-7-9-24-10-14-26(15-11-24)28-18-20-29(21-19-28)27-16-12-25(13-17-27)23-30-22-8-6-4-2/h4-7,12-13,16-17,24,26,28-29H,3,8-11,14-15,18-23H2,1-2H3. The summed E-state index contributed by atoms with van der Waals surface area (Å²) in [5, 5.41) is 0. The van der Waals surface area contributed by atoms with Crippen molar-refractivity contribution in [1.82, 2.24) is 0 Å². The molecule has 166 valence electrons. The second-order valence-corrected chi connectivity index (χ2v) is 9.66. The van der Waals surface area contributed by atoms with Crippen LogP contribution in [0, 0.1) is 17.8 Å². The van der Waals surface area contributed by atoms with Gasteiger partial charge in [0.15, 0.2) is 0 Å². The van der Waals surface area contributed by atoms with E-state index in [9.17, 15) is 0 Å². The minimum absolute atomic E-state index is 0.738. The zero-order chi connectivity index (χ0) is 21.0. The third kappa shape index (κ3) is 7.41. The van der Waals surface area contributed by atoms with Gasteiger partial charge in [-0.2, -0.15) is 0 Å². The van der Waals surface area contributed by atoms with Crippen molar-refractivity contribution in [3.05, 3.63) is 59.7 Å². The van der Waals surface area contributed by atoms with Gasteiger partial charge in [-0.1, -0.05) is 55.5 Å². The van der Waals surface area contributed by atoms with Crippen molar-refractivity contribution in [2.24, 2.45) is 17.8 Å². The van der Waals surface area contributed by atoms with Crippen LogP contribution < -0.4 is 0 Å². The average Bonchev–Trinajstić information content (AvgIpc) is 2.80. The van der Waals surface area contributed by atoms with Crippen LogP contribution in [0.5, 0.6) is 0 Å². The number of ether oxygens (including phenoxy) is 1. The van der Waals surface area contributed by atoms with Gasteiger partial charge in [0.25, 0.3) is 0 Å². The molecule has 1 aromatic carbocycles. The fourth-order valence-electron chi connectivity index (χ4n) is 5.67. The van der Waals surface area contributed by atoms with E-state index in [-0.39, 0.29) is 0 Å². The molecule has 0 aromatic heterocycles. The first-order chi connectivity index (χ1) is 14.8. The molecule has 0 saturated heterocycles. The Hall–Kier alpha value is -1.34. The predicted octanol–water partition coefficient (Wildman–Crippen LogP) is 8.61. The fourth-order valence-corrected chi connectivity index (χ4v) is 5.67. The molecule has 2 aliphatic rings. The highest BCUT2D eigenvalue weighted by molar-refractivity contribution is 5.25. The molecule has 2 aliphatic carbocycles. The van der Waals surface area contributed by atoms with Gasteiger partial charge in [0, 0.05) is 0 Å². The number of benzene rings is 1. The average molecular weight is 409 g/mol. The Morgan fingerprint density at radius 1 is 0.833 bits per heavy atom. The van der Waals surface area contributed by atoms with Crippen molar-refractivity contribution >= 4 is 0 Å². The van der Waals surface area contributed by atoms with E-state index in [4.69, 9.17) is 4.74 Å². The number of hydrogen-bond acceptors (Lipinski definition) is 1. The Kier molecular flexibility index (Phi) is 10.2. The molecule has 0 bridgehead atoms. The molecule has 1 heteroatoms. The molecule has 0 atom stereocenters. The van der Waals surface area contributed by atoms with E-state index in [1.807, 2.05) is 0 Å². The molecule has 0 radical (unpaired) electrons. The minimum atomic E-state index is 0.738. The number of hydrogen-bond donors (Lipinski definition) is 0. The lowest BCUT2D eigenvalue weighted by Crippen LogP contribution is -2.25. The maximum Gasteiger partial charge on any atom is 0.0717 e. The molecule has 1 aromatic rings. The second kappa shape index (κ2) is 13.2. The summed E-state index contributed by atoms with van der Waals surface area (Å²) in [6.07, 6.45) is 24.1. The maximum absolute atomic E-state index is 5.77. The monoisotopic (exact) mass is 408 g/mol. The summed E-state index contributed by atoms with van der Waals surface area (Å²) in [6.45, 7) is 5.85. The van der Waals surface area contributed by atoms with Gasteiger partial charge < -0.3 is 4.74 Å². The van der Waals surface area contributed by atoms with Crippen molar-refractivity contribution in [1.29, 1.82) is 0 Å². The van der Waals surface area contributed by atoms with Gasteiger partial charge in [0.2, 0.25) is 0 Å². The molecule has 30 heavy (non-hydrogen) atoms. The maximum atomic E-state index is 5.77. The van der Waals surface area contributed by atoms with Crippen LogP contribution in [0.25, 0.3) is 0 Å². The molecule has 0 aliphatic heterocycles. The number of allylic oxidation sites excluding steroid dienone is 3.